The Balaban J connectivity index is 1.88. The molecule has 3 heterocycles. The van der Waals surface area contributed by atoms with Gasteiger partial charge in [0.05, 0.1) is 23.5 Å². The minimum atomic E-state index is -4.76. The van der Waals surface area contributed by atoms with Crippen molar-refractivity contribution in [3.8, 4) is 6.07 Å². The Labute approximate surface area is 199 Å². The highest BCUT2D eigenvalue weighted by Crippen LogP contribution is 2.72. The second-order valence-electron chi connectivity index (χ2n) is 8.27. The molecule has 1 fully saturated rings. The number of nitriles is 1. The van der Waals surface area contributed by atoms with Gasteiger partial charge in [-0.05, 0) is 44.6 Å². The molecule has 2 aliphatic rings. The molecule has 0 bridgehead atoms. The molecule has 0 aliphatic carbocycles. The number of hydrogen-bond donors (Lipinski definition) is 2. The SMILES string of the molecule is C=C(/C(F)=C\C=C(/C)NC(=O)c1ccc(F)cn1)[S@]12CO[C@H](C(F)(F)F)[C@H]1C[C@@](C)(C#N)C(N)=N2. The van der Waals surface area contributed by atoms with Gasteiger partial charge in [0, 0.05) is 10.6 Å². The first-order chi connectivity index (χ1) is 16.2. The average molecular weight is 516 g/mol. The van der Waals surface area contributed by atoms with Gasteiger partial charge in [0.15, 0.2) is 6.10 Å². The maximum Gasteiger partial charge on any atom is 0.415 e. The third-order valence-corrected chi connectivity index (χ3v) is 9.20. The van der Waals surface area contributed by atoms with Gasteiger partial charge in [-0.15, -0.1) is 0 Å². The van der Waals surface area contributed by atoms with Crippen molar-refractivity contribution in [3.05, 3.63) is 65.0 Å². The maximum atomic E-state index is 15.2. The standard InChI is InChI=1S/C22H22F5N5O2S/c1-12(31-19(33)16-7-5-14(23)9-30-16)4-6-15(24)13(2)35-11-34-18(22(25,26)27)17(35)8-21(3,10-28)20(29)32-35/h4-7,9,17-18H,2,8,11H2,1,3H3,(H2,29,32)(H,31,33)/b12-4+,15-6+/t17-,18+,21+/m1/s1. The minimum Gasteiger partial charge on any atom is -0.385 e. The zero-order valence-electron chi connectivity index (χ0n) is 18.7. The van der Waals surface area contributed by atoms with Gasteiger partial charge in [0.25, 0.3) is 5.91 Å². The number of ether oxygens (including phenoxy) is 1. The second-order valence-corrected chi connectivity index (χ2v) is 11.3. The molecule has 1 aromatic rings. The summed E-state index contributed by atoms with van der Waals surface area (Å²) in [5.41, 5.74) is 4.57. The average Bonchev–Trinajstić information content (AvgIpc) is 3.16. The summed E-state index contributed by atoms with van der Waals surface area (Å²) in [6.07, 6.45) is -4.35. The topological polar surface area (TPSA) is 113 Å². The molecule has 7 nitrogen and oxygen atoms in total. The molecule has 2 aliphatic heterocycles. The molecule has 3 N–H and O–H groups in total. The highest BCUT2D eigenvalue weighted by molar-refractivity contribution is 8.36. The van der Waals surface area contributed by atoms with Crippen LogP contribution in [0, 0.1) is 22.6 Å². The lowest BCUT2D eigenvalue weighted by molar-refractivity contribution is -0.210. The van der Waals surface area contributed by atoms with Gasteiger partial charge in [-0.1, -0.05) is 16.8 Å². The molecule has 0 spiro atoms. The predicted octanol–water partition coefficient (Wildman–Crippen LogP) is 4.52. The fourth-order valence-electron chi connectivity index (χ4n) is 3.67. The molecule has 1 amide bonds. The number of nitrogens with zero attached hydrogens (tertiary/aromatic N) is 3. The third-order valence-electron chi connectivity index (χ3n) is 5.71. The smallest absolute Gasteiger partial charge is 0.385 e. The fraction of sp³-hybridized carbons (Fsp3) is 0.364. The molecular weight excluding hydrogens is 493 g/mol. The van der Waals surface area contributed by atoms with Gasteiger partial charge in [0.2, 0.25) is 0 Å². The van der Waals surface area contributed by atoms with Crippen molar-refractivity contribution in [3.63, 3.8) is 0 Å². The van der Waals surface area contributed by atoms with Crippen LogP contribution in [0.25, 0.3) is 0 Å². The Bertz CT molecular complexity index is 1170. The van der Waals surface area contributed by atoms with E-state index in [0.717, 1.165) is 24.4 Å². The number of amidine groups is 1. The zero-order chi connectivity index (χ0) is 26.2. The van der Waals surface area contributed by atoms with Crippen molar-refractivity contribution in [2.75, 3.05) is 5.94 Å². The predicted molar refractivity (Wildman–Crippen MR) is 121 cm³/mol. The monoisotopic (exact) mass is 515 g/mol. The normalized spacial score (nSPS) is 29.1. The number of allylic oxidation sites excluding steroid dienone is 4. The number of aromatic nitrogens is 1. The van der Waals surface area contributed by atoms with Crippen LogP contribution in [-0.2, 0) is 4.74 Å². The number of amides is 1. The van der Waals surface area contributed by atoms with Crippen molar-refractivity contribution in [2.45, 2.75) is 37.8 Å². The summed E-state index contributed by atoms with van der Waals surface area (Å²) in [7, 11) is -2.99. The van der Waals surface area contributed by atoms with Gasteiger partial charge in [-0.2, -0.15) is 18.4 Å². The number of carbonyl (C=O) groups is 1. The van der Waals surface area contributed by atoms with E-state index in [0.29, 0.717) is 0 Å². The van der Waals surface area contributed by atoms with Crippen LogP contribution in [0.15, 0.2) is 57.9 Å². The first-order valence-electron chi connectivity index (χ1n) is 10.1. The van der Waals surface area contributed by atoms with Gasteiger partial charge >= 0.3 is 6.18 Å². The van der Waals surface area contributed by atoms with E-state index < -0.39 is 56.6 Å². The van der Waals surface area contributed by atoms with Crippen LogP contribution in [0.2, 0.25) is 0 Å². The van der Waals surface area contributed by atoms with Crippen LogP contribution in [-0.4, -0.2) is 40.2 Å². The summed E-state index contributed by atoms with van der Waals surface area (Å²) >= 11 is 0. The Morgan fingerprint density at radius 2 is 2.11 bits per heavy atom. The zero-order valence-corrected chi connectivity index (χ0v) is 19.5. The van der Waals surface area contributed by atoms with Crippen LogP contribution in [0.4, 0.5) is 22.0 Å². The van der Waals surface area contributed by atoms with E-state index in [4.69, 9.17) is 10.5 Å². The van der Waals surface area contributed by atoms with E-state index >= 15 is 4.39 Å². The lowest BCUT2D eigenvalue weighted by Crippen LogP contribution is -2.47. The minimum absolute atomic E-state index is 0.0759. The summed E-state index contributed by atoms with van der Waals surface area (Å²) in [4.78, 5) is 15.5. The van der Waals surface area contributed by atoms with Crippen LogP contribution < -0.4 is 11.1 Å². The highest BCUT2D eigenvalue weighted by atomic mass is 32.3. The Morgan fingerprint density at radius 1 is 1.43 bits per heavy atom. The number of fused-ring (bicyclic) bond motifs is 1. The molecule has 0 aromatic carbocycles. The number of halogens is 5. The first-order valence-corrected chi connectivity index (χ1v) is 12.0. The Kier molecular flexibility index (Phi) is 7.10. The Morgan fingerprint density at radius 3 is 2.69 bits per heavy atom. The van der Waals surface area contributed by atoms with E-state index in [9.17, 15) is 27.6 Å². The van der Waals surface area contributed by atoms with Gasteiger partial charge < -0.3 is 15.8 Å². The summed E-state index contributed by atoms with van der Waals surface area (Å²) in [6.45, 7) is 6.49. The van der Waals surface area contributed by atoms with Crippen molar-refractivity contribution in [1.29, 1.82) is 5.26 Å². The molecule has 13 heteroatoms. The van der Waals surface area contributed by atoms with Crippen molar-refractivity contribution < 1.29 is 31.5 Å². The number of hydrogen-bond acceptors (Lipinski definition) is 6. The number of alkyl halides is 3. The first kappa shape index (κ1) is 26.4. The molecule has 4 atom stereocenters. The summed E-state index contributed by atoms with van der Waals surface area (Å²) in [5.74, 6) is -3.00. The highest BCUT2D eigenvalue weighted by Gasteiger charge is 2.62. The fourth-order valence-corrected chi connectivity index (χ4v) is 7.21. The van der Waals surface area contributed by atoms with Crippen LogP contribution in [0.5, 0.6) is 0 Å². The number of rotatable bonds is 5. The summed E-state index contributed by atoms with van der Waals surface area (Å²) in [6, 6.07) is 4.11. The molecule has 35 heavy (non-hydrogen) atoms. The quantitative estimate of drug-likeness (QED) is 0.442. The van der Waals surface area contributed by atoms with Gasteiger partial charge in [-0.25, -0.2) is 18.2 Å². The number of nitrogens with one attached hydrogen (secondary N) is 1. The van der Waals surface area contributed by atoms with Crippen molar-refractivity contribution in [2.24, 2.45) is 15.5 Å². The van der Waals surface area contributed by atoms with E-state index in [1.807, 2.05) is 6.07 Å². The van der Waals surface area contributed by atoms with E-state index in [-0.39, 0.29) is 28.6 Å². The molecule has 188 valence electrons. The molecule has 0 unspecified atom stereocenters. The van der Waals surface area contributed by atoms with E-state index in [2.05, 4.69) is 21.3 Å². The largest absolute Gasteiger partial charge is 0.415 e. The number of carbonyl (C=O) groups excluding carboxylic acids is 1. The lowest BCUT2D eigenvalue weighted by Gasteiger charge is -2.45. The van der Waals surface area contributed by atoms with Crippen LogP contribution >= 0.6 is 10.2 Å². The molecule has 1 aromatic heterocycles. The van der Waals surface area contributed by atoms with Crippen molar-refractivity contribution >= 4 is 22.0 Å². The summed E-state index contributed by atoms with van der Waals surface area (Å²) in [5, 5.41) is 10.6. The van der Waals surface area contributed by atoms with E-state index in [1.54, 1.807) is 0 Å². The van der Waals surface area contributed by atoms with Crippen LogP contribution in [0.3, 0.4) is 0 Å². The molecule has 0 saturated carbocycles. The number of pyridine rings is 1. The van der Waals surface area contributed by atoms with Crippen molar-refractivity contribution in [1.82, 2.24) is 10.3 Å². The van der Waals surface area contributed by atoms with E-state index in [1.165, 1.54) is 19.9 Å². The second kappa shape index (κ2) is 9.43. The third kappa shape index (κ3) is 5.08. The molecule has 3 rings (SSSR count). The summed E-state index contributed by atoms with van der Waals surface area (Å²) < 4.78 is 78.4. The van der Waals surface area contributed by atoms with Gasteiger partial charge in [0.1, 0.15) is 28.6 Å². The maximum absolute atomic E-state index is 15.2. The Hall–Kier alpha value is -3.24. The number of nitrogens with two attached hydrogens (primary N) is 1. The molecular formula is C22H22F5N5O2S. The molecule has 1 saturated heterocycles. The molecule has 0 radical (unpaired) electrons. The lowest BCUT2D eigenvalue weighted by atomic mass is 9.84. The van der Waals surface area contributed by atoms with Gasteiger partial charge in [-0.3, -0.25) is 4.79 Å². The van der Waals surface area contributed by atoms with Crippen LogP contribution in [0.1, 0.15) is 30.8 Å².